The van der Waals surface area contributed by atoms with Crippen LogP contribution in [0.2, 0.25) is 0 Å². The predicted octanol–water partition coefficient (Wildman–Crippen LogP) is 3.51. The van der Waals surface area contributed by atoms with Gasteiger partial charge >= 0.3 is 0 Å². The first-order valence-corrected chi connectivity index (χ1v) is 10.5. The third-order valence-corrected chi connectivity index (χ3v) is 6.22. The van der Waals surface area contributed by atoms with Crippen LogP contribution >= 0.6 is 0 Å². The van der Waals surface area contributed by atoms with Crippen LogP contribution < -0.4 is 10.1 Å². The number of rotatable bonds is 6. The molecule has 0 aromatic heterocycles. The van der Waals surface area contributed by atoms with Crippen LogP contribution in [-0.4, -0.2) is 37.8 Å². The van der Waals surface area contributed by atoms with E-state index in [9.17, 15) is 13.2 Å². The van der Waals surface area contributed by atoms with Crippen molar-refractivity contribution in [1.82, 2.24) is 4.31 Å². The fourth-order valence-corrected chi connectivity index (χ4v) is 4.51. The number of anilines is 1. The average Bonchev–Trinajstić information content (AvgIpc) is 3.17. The molecule has 2 aromatic rings. The summed E-state index contributed by atoms with van der Waals surface area (Å²) in [6, 6.07) is 13.3. The maximum Gasteiger partial charge on any atom is 0.259 e. The molecule has 0 saturated carbocycles. The van der Waals surface area contributed by atoms with Gasteiger partial charge in [-0.1, -0.05) is 12.1 Å². The summed E-state index contributed by atoms with van der Waals surface area (Å²) in [5, 5.41) is 2.79. The van der Waals surface area contributed by atoms with Gasteiger partial charge in [0.05, 0.1) is 16.6 Å². The Labute approximate surface area is 160 Å². The molecular formula is C20H24N2O4S. The summed E-state index contributed by atoms with van der Waals surface area (Å²) in [6.45, 7) is 4.92. The highest BCUT2D eigenvalue weighted by molar-refractivity contribution is 7.89. The van der Waals surface area contributed by atoms with Crippen LogP contribution in [0.3, 0.4) is 0 Å². The number of nitrogens with zero attached hydrogens (tertiary/aromatic N) is 1. The van der Waals surface area contributed by atoms with Crippen molar-refractivity contribution in [2.75, 3.05) is 18.4 Å². The van der Waals surface area contributed by atoms with Gasteiger partial charge in [-0.05, 0) is 63.1 Å². The summed E-state index contributed by atoms with van der Waals surface area (Å²) in [5.41, 5.74) is 0.958. The van der Waals surface area contributed by atoms with Crippen LogP contribution in [0, 0.1) is 0 Å². The van der Waals surface area contributed by atoms with E-state index in [0.29, 0.717) is 30.1 Å². The van der Waals surface area contributed by atoms with E-state index in [2.05, 4.69) is 5.32 Å². The first-order chi connectivity index (χ1) is 12.9. The minimum absolute atomic E-state index is 0.0472. The zero-order chi connectivity index (χ0) is 19.4. The molecule has 1 fully saturated rings. The van der Waals surface area contributed by atoms with E-state index in [1.165, 1.54) is 16.4 Å². The van der Waals surface area contributed by atoms with Crippen LogP contribution in [-0.2, 0) is 10.0 Å². The highest BCUT2D eigenvalue weighted by Gasteiger charge is 2.27. The Bertz CT molecular complexity index is 902. The van der Waals surface area contributed by atoms with Gasteiger partial charge in [0.15, 0.2) is 0 Å². The Morgan fingerprint density at radius 3 is 2.30 bits per heavy atom. The Balaban J connectivity index is 1.74. The number of para-hydroxylation sites is 1. The molecule has 0 atom stereocenters. The number of hydrogen-bond donors (Lipinski definition) is 1. The zero-order valence-corrected chi connectivity index (χ0v) is 16.3. The molecule has 1 aliphatic heterocycles. The molecule has 144 valence electrons. The van der Waals surface area contributed by atoms with Gasteiger partial charge in [0.2, 0.25) is 10.0 Å². The second kappa shape index (κ2) is 8.10. The molecule has 0 bridgehead atoms. The van der Waals surface area contributed by atoms with Crippen molar-refractivity contribution in [3.63, 3.8) is 0 Å². The monoisotopic (exact) mass is 388 g/mol. The lowest BCUT2D eigenvalue weighted by atomic mass is 10.1. The molecule has 1 heterocycles. The van der Waals surface area contributed by atoms with E-state index in [0.717, 1.165) is 12.8 Å². The molecule has 27 heavy (non-hydrogen) atoms. The Morgan fingerprint density at radius 1 is 1.04 bits per heavy atom. The molecular weight excluding hydrogens is 364 g/mol. The predicted molar refractivity (Wildman–Crippen MR) is 105 cm³/mol. The van der Waals surface area contributed by atoms with Crippen molar-refractivity contribution < 1.29 is 17.9 Å². The maximum atomic E-state index is 12.6. The number of nitrogens with one attached hydrogen (secondary N) is 1. The first-order valence-electron chi connectivity index (χ1n) is 9.05. The molecule has 1 saturated heterocycles. The van der Waals surface area contributed by atoms with Gasteiger partial charge in [-0.15, -0.1) is 0 Å². The van der Waals surface area contributed by atoms with Gasteiger partial charge in [-0.25, -0.2) is 8.42 Å². The van der Waals surface area contributed by atoms with Crippen LogP contribution in [0.15, 0.2) is 53.4 Å². The van der Waals surface area contributed by atoms with Crippen LogP contribution in [0.25, 0.3) is 0 Å². The molecule has 1 aliphatic rings. The fraction of sp³-hybridized carbons (Fsp3) is 0.350. The molecule has 1 amide bonds. The molecule has 0 spiro atoms. The molecule has 2 aromatic carbocycles. The van der Waals surface area contributed by atoms with Gasteiger partial charge in [-0.2, -0.15) is 4.31 Å². The molecule has 0 radical (unpaired) electrons. The molecule has 7 heteroatoms. The number of hydrogen-bond acceptors (Lipinski definition) is 4. The van der Waals surface area contributed by atoms with E-state index in [4.69, 9.17) is 4.74 Å². The second-order valence-corrected chi connectivity index (χ2v) is 8.69. The van der Waals surface area contributed by atoms with Crippen molar-refractivity contribution in [3.05, 3.63) is 54.1 Å². The molecule has 3 rings (SSSR count). The fourth-order valence-electron chi connectivity index (χ4n) is 3.00. The third-order valence-electron chi connectivity index (χ3n) is 4.31. The number of carbonyl (C=O) groups is 1. The van der Waals surface area contributed by atoms with Crippen molar-refractivity contribution in [2.45, 2.75) is 37.7 Å². The van der Waals surface area contributed by atoms with Gasteiger partial charge in [0.1, 0.15) is 5.75 Å². The SMILES string of the molecule is CC(C)Oc1ccccc1C(=O)Nc1ccc(S(=O)(=O)N2CCCC2)cc1. The summed E-state index contributed by atoms with van der Waals surface area (Å²) in [5.74, 6) is 0.208. The van der Waals surface area contributed by atoms with Crippen molar-refractivity contribution in [2.24, 2.45) is 0 Å². The van der Waals surface area contributed by atoms with E-state index >= 15 is 0 Å². The summed E-state index contributed by atoms with van der Waals surface area (Å²) < 4.78 is 32.3. The smallest absolute Gasteiger partial charge is 0.259 e. The van der Waals surface area contributed by atoms with Gasteiger partial charge in [0, 0.05) is 18.8 Å². The van der Waals surface area contributed by atoms with E-state index in [1.807, 2.05) is 19.9 Å². The van der Waals surface area contributed by atoms with Gasteiger partial charge in [-0.3, -0.25) is 4.79 Å². The summed E-state index contributed by atoms with van der Waals surface area (Å²) >= 11 is 0. The second-order valence-electron chi connectivity index (χ2n) is 6.75. The minimum atomic E-state index is -3.46. The van der Waals surface area contributed by atoms with Crippen molar-refractivity contribution >= 4 is 21.6 Å². The standard InChI is InChI=1S/C20H24N2O4S/c1-15(2)26-19-8-4-3-7-18(19)20(23)21-16-9-11-17(12-10-16)27(24,25)22-13-5-6-14-22/h3-4,7-12,15H,5-6,13-14H2,1-2H3,(H,21,23). The number of carbonyl (C=O) groups excluding carboxylic acids is 1. The lowest BCUT2D eigenvalue weighted by molar-refractivity contribution is 0.102. The number of benzene rings is 2. The Morgan fingerprint density at radius 2 is 1.67 bits per heavy atom. The first kappa shape index (κ1) is 19.4. The summed E-state index contributed by atoms with van der Waals surface area (Å²) in [4.78, 5) is 12.8. The highest BCUT2D eigenvalue weighted by atomic mass is 32.2. The van der Waals surface area contributed by atoms with Crippen LogP contribution in [0.5, 0.6) is 5.75 Å². The molecule has 6 nitrogen and oxygen atoms in total. The molecule has 0 aliphatic carbocycles. The zero-order valence-electron chi connectivity index (χ0n) is 15.5. The van der Waals surface area contributed by atoms with Gasteiger partial charge < -0.3 is 10.1 Å². The maximum absolute atomic E-state index is 12.6. The Hall–Kier alpha value is -2.38. The molecule has 0 unspecified atom stereocenters. The Kier molecular flexibility index (Phi) is 5.82. The quantitative estimate of drug-likeness (QED) is 0.822. The number of amides is 1. The van der Waals surface area contributed by atoms with Crippen molar-refractivity contribution in [1.29, 1.82) is 0 Å². The van der Waals surface area contributed by atoms with Gasteiger partial charge in [0.25, 0.3) is 5.91 Å². The van der Waals surface area contributed by atoms with Crippen LogP contribution in [0.4, 0.5) is 5.69 Å². The largest absolute Gasteiger partial charge is 0.490 e. The normalized spacial score (nSPS) is 15.1. The van der Waals surface area contributed by atoms with E-state index in [-0.39, 0.29) is 16.9 Å². The van der Waals surface area contributed by atoms with E-state index < -0.39 is 10.0 Å². The lowest BCUT2D eigenvalue weighted by Gasteiger charge is -2.16. The topological polar surface area (TPSA) is 75.7 Å². The highest BCUT2D eigenvalue weighted by Crippen LogP contribution is 2.24. The average molecular weight is 388 g/mol. The van der Waals surface area contributed by atoms with Crippen LogP contribution in [0.1, 0.15) is 37.0 Å². The minimum Gasteiger partial charge on any atom is -0.490 e. The van der Waals surface area contributed by atoms with E-state index in [1.54, 1.807) is 30.3 Å². The third kappa shape index (κ3) is 4.48. The number of sulfonamides is 1. The summed E-state index contributed by atoms with van der Waals surface area (Å²) in [7, 11) is -3.46. The number of ether oxygens (including phenoxy) is 1. The summed E-state index contributed by atoms with van der Waals surface area (Å²) in [6.07, 6.45) is 1.74. The molecule has 1 N–H and O–H groups in total. The van der Waals surface area contributed by atoms with Crippen molar-refractivity contribution in [3.8, 4) is 5.75 Å². The lowest BCUT2D eigenvalue weighted by Crippen LogP contribution is -2.27.